The lowest BCUT2D eigenvalue weighted by atomic mass is 9.76. The number of nitrogens with one attached hydrogen (secondary N) is 1. The molecule has 0 bridgehead atoms. The van der Waals surface area contributed by atoms with Crippen molar-refractivity contribution in [2.24, 2.45) is 5.92 Å². The summed E-state index contributed by atoms with van der Waals surface area (Å²) in [4.78, 5) is 0. The number of ether oxygens (including phenoxy) is 2. The minimum Gasteiger partial charge on any atom is -0.497 e. The van der Waals surface area contributed by atoms with Crippen molar-refractivity contribution in [2.45, 2.75) is 57.8 Å². The van der Waals surface area contributed by atoms with Gasteiger partial charge in [-0.15, -0.1) is 0 Å². The summed E-state index contributed by atoms with van der Waals surface area (Å²) in [6.07, 6.45) is 2.16. The first kappa shape index (κ1) is 14.9. The molecule has 21 heavy (non-hydrogen) atoms. The summed E-state index contributed by atoms with van der Waals surface area (Å²) in [5.74, 6) is 1.44. The minimum atomic E-state index is -0.101. The van der Waals surface area contributed by atoms with Gasteiger partial charge < -0.3 is 14.8 Å². The summed E-state index contributed by atoms with van der Waals surface area (Å²) < 4.78 is 11.7. The Balaban J connectivity index is 1.95. The SMILES string of the molecule is COc1ccc2c(c1)CCNC2C1CC(C)(C)OC1(C)C. The van der Waals surface area contributed by atoms with Gasteiger partial charge in [0.15, 0.2) is 0 Å². The second kappa shape index (κ2) is 4.99. The number of hydrogen-bond acceptors (Lipinski definition) is 3. The number of fused-ring (bicyclic) bond motifs is 1. The van der Waals surface area contributed by atoms with Crippen LogP contribution in [0.25, 0.3) is 0 Å². The van der Waals surface area contributed by atoms with Crippen LogP contribution in [0.5, 0.6) is 5.75 Å². The molecular formula is C18H27NO2. The van der Waals surface area contributed by atoms with Crippen molar-refractivity contribution in [2.75, 3.05) is 13.7 Å². The van der Waals surface area contributed by atoms with Crippen LogP contribution in [-0.2, 0) is 11.2 Å². The molecule has 0 aliphatic carbocycles. The molecule has 3 nitrogen and oxygen atoms in total. The van der Waals surface area contributed by atoms with E-state index in [4.69, 9.17) is 9.47 Å². The van der Waals surface area contributed by atoms with Gasteiger partial charge in [-0.25, -0.2) is 0 Å². The Hall–Kier alpha value is -1.06. The Labute approximate surface area is 128 Å². The molecule has 0 amide bonds. The summed E-state index contributed by atoms with van der Waals surface area (Å²) >= 11 is 0. The molecule has 0 aromatic heterocycles. The Morgan fingerprint density at radius 2 is 2.00 bits per heavy atom. The first-order chi connectivity index (χ1) is 9.82. The van der Waals surface area contributed by atoms with E-state index in [1.807, 2.05) is 0 Å². The molecule has 0 radical (unpaired) electrons. The molecule has 0 saturated carbocycles. The summed E-state index contributed by atoms with van der Waals surface area (Å²) in [6.45, 7) is 9.88. The number of methoxy groups -OCH3 is 1. The highest BCUT2D eigenvalue weighted by Crippen LogP contribution is 2.48. The van der Waals surface area contributed by atoms with E-state index in [2.05, 4.69) is 51.2 Å². The molecule has 116 valence electrons. The van der Waals surface area contributed by atoms with Gasteiger partial charge in [-0.2, -0.15) is 0 Å². The largest absolute Gasteiger partial charge is 0.497 e. The molecule has 1 saturated heterocycles. The summed E-state index contributed by atoms with van der Waals surface area (Å²) in [5.41, 5.74) is 2.69. The van der Waals surface area contributed by atoms with Gasteiger partial charge in [0.05, 0.1) is 18.3 Å². The maximum atomic E-state index is 6.30. The first-order valence-electron chi connectivity index (χ1n) is 7.93. The second-order valence-electron chi connectivity index (χ2n) is 7.52. The molecule has 2 aliphatic heterocycles. The van der Waals surface area contributed by atoms with E-state index < -0.39 is 0 Å². The first-order valence-corrected chi connectivity index (χ1v) is 7.93. The molecule has 1 fully saturated rings. The highest BCUT2D eigenvalue weighted by molar-refractivity contribution is 5.40. The maximum absolute atomic E-state index is 6.30. The lowest BCUT2D eigenvalue weighted by molar-refractivity contribution is -0.0780. The normalized spacial score (nSPS) is 30.0. The predicted molar refractivity (Wildman–Crippen MR) is 84.8 cm³/mol. The smallest absolute Gasteiger partial charge is 0.119 e. The maximum Gasteiger partial charge on any atom is 0.119 e. The zero-order valence-corrected chi connectivity index (χ0v) is 13.8. The Bertz CT molecular complexity index is 536. The van der Waals surface area contributed by atoms with Gasteiger partial charge in [0.25, 0.3) is 0 Å². The molecule has 2 unspecified atom stereocenters. The molecule has 3 rings (SSSR count). The topological polar surface area (TPSA) is 30.5 Å². The summed E-state index contributed by atoms with van der Waals surface area (Å²) in [5, 5.41) is 3.73. The highest BCUT2D eigenvalue weighted by Gasteiger charge is 2.49. The minimum absolute atomic E-state index is 0.0417. The predicted octanol–water partition coefficient (Wildman–Crippen LogP) is 3.48. The quantitative estimate of drug-likeness (QED) is 0.904. The molecule has 1 N–H and O–H groups in total. The fourth-order valence-corrected chi connectivity index (χ4v) is 4.18. The van der Waals surface area contributed by atoms with Crippen molar-refractivity contribution in [3.05, 3.63) is 29.3 Å². The fraction of sp³-hybridized carbons (Fsp3) is 0.667. The van der Waals surface area contributed by atoms with Gasteiger partial charge in [0.1, 0.15) is 5.75 Å². The van der Waals surface area contributed by atoms with Gasteiger partial charge in [0.2, 0.25) is 0 Å². The number of hydrogen-bond donors (Lipinski definition) is 1. The third-order valence-electron chi connectivity index (χ3n) is 4.99. The average Bonchev–Trinajstić information content (AvgIpc) is 2.65. The molecule has 1 aromatic rings. The van der Waals surface area contributed by atoms with Crippen LogP contribution < -0.4 is 10.1 Å². The van der Waals surface area contributed by atoms with Crippen molar-refractivity contribution in [3.63, 3.8) is 0 Å². The van der Waals surface area contributed by atoms with Gasteiger partial charge in [-0.05, 0) is 70.3 Å². The van der Waals surface area contributed by atoms with E-state index in [0.29, 0.717) is 12.0 Å². The van der Waals surface area contributed by atoms with Crippen molar-refractivity contribution >= 4 is 0 Å². The lowest BCUT2D eigenvalue weighted by Crippen LogP contribution is -2.41. The van der Waals surface area contributed by atoms with Gasteiger partial charge >= 0.3 is 0 Å². The van der Waals surface area contributed by atoms with E-state index in [9.17, 15) is 0 Å². The van der Waals surface area contributed by atoms with Crippen LogP contribution in [0.4, 0.5) is 0 Å². The number of rotatable bonds is 2. The van der Waals surface area contributed by atoms with Crippen molar-refractivity contribution < 1.29 is 9.47 Å². The average molecular weight is 289 g/mol. The van der Waals surface area contributed by atoms with Crippen LogP contribution in [0.3, 0.4) is 0 Å². The zero-order chi connectivity index (χ0) is 15.3. The molecule has 3 heteroatoms. The fourth-order valence-electron chi connectivity index (χ4n) is 4.18. The Morgan fingerprint density at radius 1 is 1.24 bits per heavy atom. The van der Waals surface area contributed by atoms with Crippen molar-refractivity contribution in [1.82, 2.24) is 5.32 Å². The molecule has 0 spiro atoms. The highest BCUT2D eigenvalue weighted by atomic mass is 16.5. The van der Waals surface area contributed by atoms with Crippen LogP contribution in [0, 0.1) is 5.92 Å². The standard InChI is InChI=1S/C18H27NO2/c1-17(2)11-15(18(3,4)21-17)16-14-7-6-13(20-5)10-12(14)8-9-19-16/h6-7,10,15-16,19H,8-9,11H2,1-5H3. The second-order valence-corrected chi connectivity index (χ2v) is 7.52. The van der Waals surface area contributed by atoms with Crippen LogP contribution >= 0.6 is 0 Å². The van der Waals surface area contributed by atoms with Gasteiger partial charge in [-0.3, -0.25) is 0 Å². The van der Waals surface area contributed by atoms with E-state index >= 15 is 0 Å². The molecular weight excluding hydrogens is 262 g/mol. The molecule has 2 aliphatic rings. The lowest BCUT2D eigenvalue weighted by Gasteiger charge is -2.37. The third kappa shape index (κ3) is 2.69. The van der Waals surface area contributed by atoms with E-state index in [1.165, 1.54) is 11.1 Å². The van der Waals surface area contributed by atoms with Gasteiger partial charge in [-0.1, -0.05) is 6.07 Å². The third-order valence-corrected chi connectivity index (χ3v) is 4.99. The molecule has 2 heterocycles. The van der Waals surface area contributed by atoms with Crippen molar-refractivity contribution in [1.29, 1.82) is 0 Å². The summed E-state index contributed by atoms with van der Waals surface area (Å²) in [6, 6.07) is 6.87. The van der Waals surface area contributed by atoms with Crippen molar-refractivity contribution in [3.8, 4) is 5.75 Å². The van der Waals surface area contributed by atoms with Crippen LogP contribution in [0.15, 0.2) is 18.2 Å². The Kier molecular flexibility index (Phi) is 3.53. The van der Waals surface area contributed by atoms with E-state index in [0.717, 1.165) is 25.1 Å². The monoisotopic (exact) mass is 289 g/mol. The number of benzene rings is 1. The summed E-state index contributed by atoms with van der Waals surface area (Å²) in [7, 11) is 1.73. The van der Waals surface area contributed by atoms with E-state index in [1.54, 1.807) is 7.11 Å². The van der Waals surface area contributed by atoms with E-state index in [-0.39, 0.29) is 11.2 Å². The Morgan fingerprint density at radius 3 is 2.62 bits per heavy atom. The molecule has 2 atom stereocenters. The zero-order valence-electron chi connectivity index (χ0n) is 13.8. The van der Waals surface area contributed by atoms with Crippen LogP contribution in [0.1, 0.15) is 51.3 Å². The molecule has 1 aromatic carbocycles. The van der Waals surface area contributed by atoms with Crippen LogP contribution in [-0.4, -0.2) is 24.9 Å². The van der Waals surface area contributed by atoms with Crippen LogP contribution in [0.2, 0.25) is 0 Å². The van der Waals surface area contributed by atoms with Gasteiger partial charge in [0, 0.05) is 12.0 Å².